The van der Waals surface area contributed by atoms with E-state index in [-0.39, 0.29) is 23.8 Å². The van der Waals surface area contributed by atoms with Gasteiger partial charge in [0.2, 0.25) is 5.76 Å². The zero-order chi connectivity index (χ0) is 24.2. The average Bonchev–Trinajstić information content (AvgIpc) is 3.39. The van der Waals surface area contributed by atoms with Crippen LogP contribution in [-0.4, -0.2) is 29.9 Å². The highest BCUT2D eigenvalue weighted by Crippen LogP contribution is 2.28. The first kappa shape index (κ1) is 23.8. The molecule has 0 unspecified atom stereocenters. The van der Waals surface area contributed by atoms with Crippen LogP contribution >= 0.6 is 31.9 Å². The molecule has 1 aliphatic heterocycles. The first-order valence-corrected chi connectivity index (χ1v) is 11.6. The van der Waals surface area contributed by atoms with Crippen LogP contribution in [0.4, 0.5) is 4.79 Å². The molecule has 1 saturated heterocycles. The number of hydrogen-bond acceptors (Lipinski definition) is 6. The molecule has 1 N–H and O–H groups in total. The summed E-state index contributed by atoms with van der Waals surface area (Å²) in [7, 11) is 1.23. The molecule has 34 heavy (non-hydrogen) atoms. The van der Waals surface area contributed by atoms with Crippen molar-refractivity contribution >= 4 is 55.8 Å². The van der Waals surface area contributed by atoms with E-state index in [1.165, 1.54) is 19.2 Å². The number of imide groups is 1. The van der Waals surface area contributed by atoms with Crippen molar-refractivity contribution in [3.63, 3.8) is 0 Å². The summed E-state index contributed by atoms with van der Waals surface area (Å²) in [5, 5.41) is 2.58. The number of nitrogens with zero attached hydrogens (tertiary/aromatic N) is 1. The van der Waals surface area contributed by atoms with E-state index in [1.54, 1.807) is 18.2 Å². The maximum Gasteiger partial charge on any atom is 0.373 e. The number of carbonyl (C=O) groups excluding carboxylic acids is 3. The Morgan fingerprint density at radius 2 is 1.79 bits per heavy atom. The Balaban J connectivity index is 1.52. The van der Waals surface area contributed by atoms with Crippen molar-refractivity contribution in [3.05, 3.63) is 91.9 Å². The topological polar surface area (TPSA) is 98.1 Å². The Morgan fingerprint density at radius 1 is 1.06 bits per heavy atom. The van der Waals surface area contributed by atoms with Crippen molar-refractivity contribution in [2.75, 3.05) is 7.11 Å². The molecule has 3 amide bonds. The minimum Gasteiger partial charge on any atom is -0.488 e. The molecule has 1 aliphatic rings. The van der Waals surface area contributed by atoms with Crippen molar-refractivity contribution in [1.29, 1.82) is 0 Å². The van der Waals surface area contributed by atoms with Gasteiger partial charge in [-0.05, 0) is 54.1 Å². The molecule has 1 aromatic heterocycles. The molecule has 3 aromatic rings. The van der Waals surface area contributed by atoms with Crippen LogP contribution in [0.25, 0.3) is 6.08 Å². The summed E-state index contributed by atoms with van der Waals surface area (Å²) >= 11 is 6.84. The lowest BCUT2D eigenvalue weighted by Crippen LogP contribution is -2.30. The van der Waals surface area contributed by atoms with Gasteiger partial charge in [-0.15, -0.1) is 0 Å². The summed E-state index contributed by atoms with van der Waals surface area (Å²) in [5.41, 5.74) is 1.69. The van der Waals surface area contributed by atoms with E-state index in [9.17, 15) is 14.4 Å². The van der Waals surface area contributed by atoms with Crippen molar-refractivity contribution in [2.24, 2.45) is 0 Å². The molecule has 10 heteroatoms. The Labute approximate surface area is 211 Å². The number of ether oxygens (including phenoxy) is 2. The van der Waals surface area contributed by atoms with Crippen LogP contribution in [0.3, 0.4) is 0 Å². The number of nitrogens with one attached hydrogen (secondary N) is 1. The second kappa shape index (κ2) is 10.3. The highest BCUT2D eigenvalue weighted by molar-refractivity contribution is 9.10. The van der Waals surface area contributed by atoms with E-state index in [0.717, 1.165) is 19.4 Å². The summed E-state index contributed by atoms with van der Waals surface area (Å²) in [5.74, 6) is -0.366. The van der Waals surface area contributed by atoms with Gasteiger partial charge in [0.1, 0.15) is 23.8 Å². The van der Waals surface area contributed by atoms with E-state index in [1.807, 2.05) is 30.3 Å². The number of amides is 3. The molecule has 0 atom stereocenters. The third-order valence-corrected chi connectivity index (χ3v) is 5.93. The number of urea groups is 1. The first-order chi connectivity index (χ1) is 16.3. The van der Waals surface area contributed by atoms with Gasteiger partial charge in [-0.2, -0.15) is 0 Å². The van der Waals surface area contributed by atoms with E-state index in [4.69, 9.17) is 9.15 Å². The molecule has 2 heterocycles. The van der Waals surface area contributed by atoms with E-state index in [2.05, 4.69) is 41.9 Å². The van der Waals surface area contributed by atoms with Crippen molar-refractivity contribution in [3.8, 4) is 5.75 Å². The van der Waals surface area contributed by atoms with Gasteiger partial charge in [-0.1, -0.05) is 44.0 Å². The van der Waals surface area contributed by atoms with Gasteiger partial charge in [0.05, 0.1) is 13.7 Å². The third kappa shape index (κ3) is 5.40. The van der Waals surface area contributed by atoms with E-state index in [0.29, 0.717) is 17.9 Å². The Bertz CT molecular complexity index is 1280. The quantitative estimate of drug-likeness (QED) is 0.229. The summed E-state index contributed by atoms with van der Waals surface area (Å²) in [6.45, 7) is 0.197. The van der Waals surface area contributed by atoms with Gasteiger partial charge in [-0.3, -0.25) is 9.69 Å². The van der Waals surface area contributed by atoms with Gasteiger partial charge in [-0.25, -0.2) is 9.59 Å². The third-order valence-electron chi connectivity index (χ3n) is 4.90. The zero-order valence-electron chi connectivity index (χ0n) is 17.8. The number of methoxy groups -OCH3 is 1. The standard InChI is InChI=1S/C24H18Br2N2O6/c1-32-23(30)21-9-7-18(34-21)12-28-22(29)19(27-24(28)31)11-15-10-17(26)6-8-20(15)33-13-14-2-4-16(25)5-3-14/h2-11H,12-13H2,1H3,(H,27,31)/b19-11-. The number of esters is 1. The van der Waals surface area contributed by atoms with Gasteiger partial charge in [0.25, 0.3) is 5.91 Å². The van der Waals surface area contributed by atoms with Crippen molar-refractivity contribution in [1.82, 2.24) is 10.2 Å². The number of benzene rings is 2. The minimum absolute atomic E-state index is 0.0120. The van der Waals surface area contributed by atoms with Gasteiger partial charge in [0, 0.05) is 14.5 Å². The number of carbonyl (C=O) groups is 3. The second-order valence-electron chi connectivity index (χ2n) is 7.23. The Hall–Kier alpha value is -3.37. The summed E-state index contributed by atoms with van der Waals surface area (Å²) in [6.07, 6.45) is 1.56. The molecule has 174 valence electrons. The largest absolute Gasteiger partial charge is 0.488 e. The molecular weight excluding hydrogens is 572 g/mol. The Morgan fingerprint density at radius 3 is 2.53 bits per heavy atom. The van der Waals surface area contributed by atoms with Gasteiger partial charge in [0.15, 0.2) is 0 Å². The highest BCUT2D eigenvalue weighted by atomic mass is 79.9. The molecule has 0 spiro atoms. The van der Waals surface area contributed by atoms with E-state index >= 15 is 0 Å². The molecule has 0 aliphatic carbocycles. The fraction of sp³-hybridized carbons (Fsp3) is 0.125. The maximum absolute atomic E-state index is 12.9. The van der Waals surface area contributed by atoms with Crippen LogP contribution in [0.15, 0.2) is 73.7 Å². The van der Waals surface area contributed by atoms with Gasteiger partial charge >= 0.3 is 12.0 Å². The van der Waals surface area contributed by atoms with Crippen molar-refractivity contribution < 1.29 is 28.3 Å². The fourth-order valence-electron chi connectivity index (χ4n) is 3.21. The number of hydrogen-bond donors (Lipinski definition) is 1. The van der Waals surface area contributed by atoms with Crippen LogP contribution in [0.2, 0.25) is 0 Å². The van der Waals surface area contributed by atoms with Crippen molar-refractivity contribution in [2.45, 2.75) is 13.2 Å². The molecule has 0 bridgehead atoms. The molecule has 0 saturated carbocycles. The fourth-order valence-corrected chi connectivity index (χ4v) is 3.85. The lowest BCUT2D eigenvalue weighted by molar-refractivity contribution is -0.123. The second-order valence-corrected chi connectivity index (χ2v) is 9.07. The minimum atomic E-state index is -0.644. The SMILES string of the molecule is COC(=O)c1ccc(CN2C(=O)N/C(=C\c3cc(Br)ccc3OCc3ccc(Br)cc3)C2=O)o1. The molecular formula is C24H18Br2N2O6. The number of rotatable bonds is 7. The van der Waals surface area contributed by atoms with Crippen LogP contribution in [0.1, 0.15) is 27.4 Å². The molecule has 8 nitrogen and oxygen atoms in total. The van der Waals surface area contributed by atoms with Gasteiger partial charge < -0.3 is 19.2 Å². The maximum atomic E-state index is 12.9. The van der Waals surface area contributed by atoms with Crippen LogP contribution < -0.4 is 10.1 Å². The predicted octanol–water partition coefficient (Wildman–Crippen LogP) is 5.26. The number of furan rings is 1. The van der Waals surface area contributed by atoms with Crippen LogP contribution in [0.5, 0.6) is 5.75 Å². The highest BCUT2D eigenvalue weighted by Gasteiger charge is 2.34. The molecule has 0 radical (unpaired) electrons. The summed E-state index contributed by atoms with van der Waals surface area (Å²) < 4.78 is 17.7. The monoisotopic (exact) mass is 588 g/mol. The lowest BCUT2D eigenvalue weighted by Gasteiger charge is -2.11. The van der Waals surface area contributed by atoms with Crippen LogP contribution in [-0.2, 0) is 22.7 Å². The number of halogens is 2. The smallest absolute Gasteiger partial charge is 0.373 e. The first-order valence-electron chi connectivity index (χ1n) is 10.0. The predicted molar refractivity (Wildman–Crippen MR) is 130 cm³/mol. The summed E-state index contributed by atoms with van der Waals surface area (Å²) in [6, 6.07) is 15.5. The lowest BCUT2D eigenvalue weighted by atomic mass is 10.1. The molecule has 4 rings (SSSR count). The zero-order valence-corrected chi connectivity index (χ0v) is 21.0. The Kier molecular flexibility index (Phi) is 7.18. The van der Waals surface area contributed by atoms with Crippen LogP contribution in [0, 0.1) is 0 Å². The normalized spacial score (nSPS) is 14.4. The van der Waals surface area contributed by atoms with E-state index < -0.39 is 17.9 Å². The molecule has 1 fully saturated rings. The molecule has 2 aromatic carbocycles. The summed E-state index contributed by atoms with van der Waals surface area (Å²) in [4.78, 5) is 37.9. The average molecular weight is 590 g/mol.